The Morgan fingerprint density at radius 1 is 1.07 bits per heavy atom. The number of fused-ring (bicyclic) bond motifs is 1. The van der Waals surface area contributed by atoms with E-state index in [1.165, 1.54) is 17.6 Å². The van der Waals surface area contributed by atoms with Gasteiger partial charge in [-0.3, -0.25) is 27.5 Å². The van der Waals surface area contributed by atoms with E-state index in [0.29, 0.717) is 4.57 Å². The number of phosphoric ester groups is 2. The fraction of sp³-hybridized carbons (Fsp3) is 0.581. The van der Waals surface area contributed by atoms with Crippen LogP contribution in [-0.2, 0) is 46.5 Å². The number of hydrogen-bond donors (Lipinski definition) is 9. The minimum atomic E-state index is -5.54. The van der Waals surface area contributed by atoms with E-state index in [9.17, 15) is 58.6 Å². The molecule has 6 unspecified atom stereocenters. The molecule has 5 heterocycles. The number of anilines is 2. The summed E-state index contributed by atoms with van der Waals surface area (Å²) < 4.78 is 59.5. The van der Waals surface area contributed by atoms with E-state index >= 15 is 0 Å². The topological polar surface area (TPSA) is 399 Å². The average molecular weight is 894 g/mol. The summed E-state index contributed by atoms with van der Waals surface area (Å²) in [6.45, 7) is 1.45. The van der Waals surface area contributed by atoms with Crippen LogP contribution >= 0.6 is 15.6 Å². The Morgan fingerprint density at radius 3 is 2.37 bits per heavy atom. The molecule has 11 N–H and O–H groups in total. The van der Waals surface area contributed by atoms with Gasteiger partial charge in [0.1, 0.15) is 42.1 Å². The van der Waals surface area contributed by atoms with Gasteiger partial charge in [0.25, 0.3) is 0 Å². The Balaban J connectivity index is 1.52. The van der Waals surface area contributed by atoms with Crippen molar-refractivity contribution >= 4 is 50.3 Å². The predicted molar refractivity (Wildman–Crippen MR) is 200 cm³/mol. The third-order valence-electron chi connectivity index (χ3n) is 9.67. The monoisotopic (exact) mass is 893 g/mol. The molecule has 2 aliphatic heterocycles. The van der Waals surface area contributed by atoms with Crippen LogP contribution in [0.1, 0.15) is 32.2 Å². The SMILES string of the molecule is C=CCCC(=O)N(C)[C@](COCC(C)O)(C(=O)O)C1C(COP(=O)(O)O[C@H]2[C@@H](O)[C@H](n3ccc(N)nc3=O)O[C@@H]2COP(=O)(O)O)OC(n2cnc3c(N)ncnc32)C1O. The molecule has 2 aliphatic rings. The number of aliphatic carboxylic acids is 1. The number of carboxylic acids is 1. The fourth-order valence-electron chi connectivity index (χ4n) is 6.88. The summed E-state index contributed by atoms with van der Waals surface area (Å²) in [5, 5.41) is 44.2. The molecule has 0 spiro atoms. The van der Waals surface area contributed by atoms with E-state index in [4.69, 9.17) is 34.7 Å². The first-order chi connectivity index (χ1) is 28.1. The van der Waals surface area contributed by atoms with Crippen LogP contribution in [0.2, 0.25) is 0 Å². The second-order valence-electron chi connectivity index (χ2n) is 13.8. The molecule has 3 aromatic heterocycles. The van der Waals surface area contributed by atoms with Crippen molar-refractivity contribution in [2.75, 3.05) is 44.9 Å². The van der Waals surface area contributed by atoms with E-state index in [1.54, 1.807) is 0 Å². The van der Waals surface area contributed by atoms with Crippen molar-refractivity contribution in [2.45, 2.75) is 74.4 Å². The lowest BCUT2D eigenvalue weighted by Crippen LogP contribution is -2.67. The second kappa shape index (κ2) is 18.8. The number of carboxylic acid groups (broad SMARTS) is 1. The normalized spacial score (nSPS) is 27.0. The molecular formula is C31H45N9O18P2. The second-order valence-corrected chi connectivity index (χ2v) is 16.4. The molecule has 0 aliphatic carbocycles. The van der Waals surface area contributed by atoms with Gasteiger partial charge in [0.05, 0.1) is 50.9 Å². The number of phosphoric acid groups is 2. The van der Waals surface area contributed by atoms with Gasteiger partial charge in [-0.1, -0.05) is 6.08 Å². The number of likely N-dealkylation sites (N-methyl/N-ethyl adjacent to an activating group) is 1. The summed E-state index contributed by atoms with van der Waals surface area (Å²) in [6, 6.07) is 1.15. The summed E-state index contributed by atoms with van der Waals surface area (Å²) in [6.07, 6.45) is -9.46. The Hall–Kier alpha value is -4.31. The lowest BCUT2D eigenvalue weighted by atomic mass is 9.76. The molecule has 3 aromatic rings. The van der Waals surface area contributed by atoms with Crippen molar-refractivity contribution in [3.63, 3.8) is 0 Å². The fourth-order valence-corrected chi connectivity index (χ4v) is 8.19. The number of carbonyl (C=O) groups excluding carboxylic acids is 1. The highest BCUT2D eigenvalue weighted by Gasteiger charge is 2.63. The summed E-state index contributed by atoms with van der Waals surface area (Å²) in [5.74, 6) is -4.59. The van der Waals surface area contributed by atoms with Crippen LogP contribution in [0.25, 0.3) is 11.2 Å². The van der Waals surface area contributed by atoms with Gasteiger partial charge in [-0.05, 0) is 19.4 Å². The highest BCUT2D eigenvalue weighted by Crippen LogP contribution is 2.51. The molecule has 0 bridgehead atoms. The molecule has 0 saturated carbocycles. The maximum atomic E-state index is 13.7. The lowest BCUT2D eigenvalue weighted by Gasteiger charge is -2.44. The first kappa shape index (κ1) is 46.8. The number of hydrogen-bond acceptors (Lipinski definition) is 20. The zero-order valence-electron chi connectivity index (χ0n) is 31.8. The Morgan fingerprint density at radius 2 is 1.73 bits per heavy atom. The number of aromatic nitrogens is 6. The number of nitrogens with two attached hydrogens (primary N) is 2. The van der Waals surface area contributed by atoms with Gasteiger partial charge in [0, 0.05) is 19.7 Å². The average Bonchev–Trinajstić information content (AvgIpc) is 3.83. The molecule has 332 valence electrons. The molecule has 1 amide bonds. The molecule has 2 saturated heterocycles. The van der Waals surface area contributed by atoms with E-state index in [1.807, 2.05) is 0 Å². The molecule has 60 heavy (non-hydrogen) atoms. The minimum Gasteiger partial charge on any atom is -0.479 e. The van der Waals surface area contributed by atoms with Gasteiger partial charge in [0.15, 0.2) is 29.5 Å². The van der Waals surface area contributed by atoms with Gasteiger partial charge in [-0.25, -0.2) is 33.7 Å². The smallest absolute Gasteiger partial charge is 0.472 e. The van der Waals surface area contributed by atoms with Crippen LogP contribution in [-0.4, -0.2) is 157 Å². The predicted octanol–water partition coefficient (Wildman–Crippen LogP) is -2.36. The van der Waals surface area contributed by atoms with Crippen molar-refractivity contribution in [3.8, 4) is 0 Å². The lowest BCUT2D eigenvalue weighted by molar-refractivity contribution is -0.175. The van der Waals surface area contributed by atoms with E-state index in [2.05, 4.69) is 31.0 Å². The number of carbonyl (C=O) groups is 2. The summed E-state index contributed by atoms with van der Waals surface area (Å²) >= 11 is 0. The molecular weight excluding hydrogens is 848 g/mol. The van der Waals surface area contributed by atoms with Crippen molar-refractivity contribution in [1.29, 1.82) is 0 Å². The maximum absolute atomic E-state index is 13.7. The summed E-state index contributed by atoms with van der Waals surface area (Å²) in [4.78, 5) is 85.9. The molecule has 2 fully saturated rings. The molecule has 11 atom stereocenters. The molecule has 27 nitrogen and oxygen atoms in total. The van der Waals surface area contributed by atoms with Gasteiger partial charge < -0.3 is 65.7 Å². The maximum Gasteiger partial charge on any atom is 0.472 e. The van der Waals surface area contributed by atoms with Gasteiger partial charge >= 0.3 is 27.3 Å². The van der Waals surface area contributed by atoms with Gasteiger partial charge in [-0.2, -0.15) is 4.98 Å². The molecule has 0 radical (unpaired) electrons. The summed E-state index contributed by atoms with van der Waals surface area (Å²) in [5.41, 5.74) is 7.92. The van der Waals surface area contributed by atoms with Crippen LogP contribution in [0.3, 0.4) is 0 Å². The number of aliphatic hydroxyl groups is 3. The number of nitrogen functional groups attached to an aromatic ring is 2. The Bertz CT molecular complexity index is 2190. The first-order valence-electron chi connectivity index (χ1n) is 17.8. The van der Waals surface area contributed by atoms with E-state index < -0.39 is 120 Å². The standard InChI is InChI=1S/C31H45N9O18P2/c1-4-5-6-19(42)38(3)31(29(45)46,12-53-9-15(2)41)20-16(56-27(22(20)43)40-14-36-21-25(33)34-13-35-26(21)40)10-55-60(51,52)58-24-17(11-54-59(48,49)50)57-28(23(24)44)39-8-7-18(32)37-30(39)47/h4,7-8,13-17,20,22-24,27-28,41,43-44H,1,5-6,9-12H2,2-3H3,(H,45,46)(H,51,52)(H2,32,37,47)(H2,33,34,35)(H2,48,49,50)/t15?,16?,17-,20?,22?,23-,24-,27?,28-,31+/m1/s1. The Labute approximate surface area is 338 Å². The van der Waals surface area contributed by atoms with E-state index in [-0.39, 0.29) is 35.6 Å². The number of aliphatic hydroxyl groups excluding tert-OH is 3. The van der Waals surface area contributed by atoms with Crippen LogP contribution in [0, 0.1) is 5.92 Å². The number of nitrogens with zero attached hydrogens (tertiary/aromatic N) is 7. The minimum absolute atomic E-state index is 0.00785. The van der Waals surface area contributed by atoms with Crippen molar-refractivity contribution < 1.29 is 81.6 Å². The molecule has 0 aromatic carbocycles. The molecule has 5 rings (SSSR count). The Kier molecular flexibility index (Phi) is 14.6. The molecule has 29 heteroatoms. The quantitative estimate of drug-likeness (QED) is 0.0423. The van der Waals surface area contributed by atoms with Gasteiger partial charge in [0.2, 0.25) is 5.91 Å². The largest absolute Gasteiger partial charge is 0.479 e. The summed E-state index contributed by atoms with van der Waals surface area (Å²) in [7, 11) is -9.63. The van der Waals surface area contributed by atoms with Crippen LogP contribution in [0.5, 0.6) is 0 Å². The van der Waals surface area contributed by atoms with Crippen LogP contribution < -0.4 is 17.2 Å². The number of rotatable bonds is 20. The zero-order valence-corrected chi connectivity index (χ0v) is 33.6. The van der Waals surface area contributed by atoms with Crippen LogP contribution in [0.15, 0.2) is 42.4 Å². The van der Waals surface area contributed by atoms with Crippen LogP contribution in [0.4, 0.5) is 11.6 Å². The van der Waals surface area contributed by atoms with Crippen molar-refractivity contribution in [3.05, 3.63) is 48.1 Å². The highest BCUT2D eigenvalue weighted by atomic mass is 31.2. The highest BCUT2D eigenvalue weighted by molar-refractivity contribution is 7.47. The first-order valence-corrected chi connectivity index (χ1v) is 20.8. The number of imidazole rings is 1. The zero-order chi connectivity index (χ0) is 44.3. The third kappa shape index (κ3) is 10.1. The van der Waals surface area contributed by atoms with E-state index in [0.717, 1.165) is 36.9 Å². The van der Waals surface area contributed by atoms with Crippen molar-refractivity contribution in [2.24, 2.45) is 5.92 Å². The third-order valence-corrected chi connectivity index (χ3v) is 11.1. The number of ether oxygens (including phenoxy) is 3. The number of amides is 1. The number of allylic oxidation sites excluding steroid dienone is 1. The van der Waals surface area contributed by atoms with Crippen molar-refractivity contribution in [1.82, 2.24) is 34.0 Å². The van der Waals surface area contributed by atoms with Gasteiger partial charge in [-0.15, -0.1) is 6.58 Å².